The third kappa shape index (κ3) is 11.2. The summed E-state index contributed by atoms with van der Waals surface area (Å²) in [6.45, 7) is 13.9. The highest BCUT2D eigenvalue weighted by atomic mass is 16.7. The molecule has 9 heteroatoms. The van der Waals surface area contributed by atoms with Crippen LogP contribution in [0.3, 0.4) is 0 Å². The van der Waals surface area contributed by atoms with Crippen LogP contribution in [0, 0.1) is 24.7 Å². The second-order valence-electron chi connectivity index (χ2n) is 12.8. The number of nitrogens with zero attached hydrogens (tertiary/aromatic N) is 1. The van der Waals surface area contributed by atoms with Crippen molar-refractivity contribution in [2.24, 2.45) is 17.8 Å². The van der Waals surface area contributed by atoms with Crippen molar-refractivity contribution in [2.75, 3.05) is 35.4 Å². The molecule has 242 valence electrons. The Bertz CT molecular complexity index is 1210. The predicted molar refractivity (Wildman–Crippen MR) is 175 cm³/mol. The third-order valence-corrected chi connectivity index (χ3v) is 7.92. The number of rotatable bonds is 14. The van der Waals surface area contributed by atoms with E-state index in [4.69, 9.17) is 9.47 Å². The van der Waals surface area contributed by atoms with Gasteiger partial charge in [-0.2, -0.15) is 0 Å². The molecule has 3 rings (SSSR count). The Balaban J connectivity index is 1.73. The fourth-order valence-electron chi connectivity index (χ4n) is 5.60. The van der Waals surface area contributed by atoms with E-state index in [-0.39, 0.29) is 36.4 Å². The topological polar surface area (TPSA) is 117 Å². The number of nitrogens with one attached hydrogen (secondary N) is 2. The molecule has 0 aliphatic heterocycles. The van der Waals surface area contributed by atoms with Gasteiger partial charge in [0.05, 0.1) is 29.8 Å². The van der Waals surface area contributed by atoms with Crippen LogP contribution in [0.4, 0.5) is 21.9 Å². The summed E-state index contributed by atoms with van der Waals surface area (Å²) in [6.07, 6.45) is 2.74. The molecule has 1 aliphatic rings. The Morgan fingerprint density at radius 2 is 1.55 bits per heavy atom. The number of ether oxygens (including phenoxy) is 2. The van der Waals surface area contributed by atoms with E-state index in [1.54, 1.807) is 0 Å². The van der Waals surface area contributed by atoms with Crippen LogP contribution in [-0.4, -0.2) is 49.1 Å². The van der Waals surface area contributed by atoms with Gasteiger partial charge in [0.15, 0.2) is 0 Å². The summed E-state index contributed by atoms with van der Waals surface area (Å²) >= 11 is 0. The number of urea groups is 1. The molecule has 0 aromatic heterocycles. The number of carbonyl (C=O) groups excluding carboxylic acids is 3. The van der Waals surface area contributed by atoms with Crippen molar-refractivity contribution in [3.8, 4) is 0 Å². The van der Waals surface area contributed by atoms with Gasteiger partial charge in [-0.25, -0.2) is 4.79 Å². The number of aliphatic hydroxyl groups is 1. The first-order chi connectivity index (χ1) is 20.9. The summed E-state index contributed by atoms with van der Waals surface area (Å²) in [5, 5.41) is 15.6. The number of benzene rings is 2. The quantitative estimate of drug-likeness (QED) is 0.153. The second kappa shape index (κ2) is 17.0. The molecule has 1 fully saturated rings. The molecule has 0 saturated heterocycles. The molecule has 1 aliphatic carbocycles. The molecule has 9 nitrogen and oxygen atoms in total. The molecule has 0 spiro atoms. The van der Waals surface area contributed by atoms with Gasteiger partial charge < -0.3 is 30.1 Å². The van der Waals surface area contributed by atoms with Crippen LogP contribution in [0.5, 0.6) is 0 Å². The van der Waals surface area contributed by atoms with Gasteiger partial charge in [0.2, 0.25) is 6.79 Å². The molecular weight excluding hydrogens is 558 g/mol. The average Bonchev–Trinajstić information content (AvgIpc) is 2.96. The number of esters is 2. The highest BCUT2D eigenvalue weighted by Crippen LogP contribution is 2.34. The molecule has 1 unspecified atom stereocenters. The van der Waals surface area contributed by atoms with Gasteiger partial charge in [-0.05, 0) is 86.6 Å². The highest BCUT2D eigenvalue weighted by Gasteiger charge is 2.27. The van der Waals surface area contributed by atoms with Gasteiger partial charge in [-0.3, -0.25) is 9.59 Å². The van der Waals surface area contributed by atoms with Crippen LogP contribution in [0.25, 0.3) is 0 Å². The molecular formula is C35H51N3O6. The Morgan fingerprint density at radius 3 is 2.14 bits per heavy atom. The molecule has 44 heavy (non-hydrogen) atoms. The van der Waals surface area contributed by atoms with Crippen molar-refractivity contribution in [2.45, 2.75) is 92.1 Å². The van der Waals surface area contributed by atoms with Crippen molar-refractivity contribution in [3.63, 3.8) is 0 Å². The van der Waals surface area contributed by atoms with Gasteiger partial charge in [0.1, 0.15) is 0 Å². The van der Waals surface area contributed by atoms with E-state index in [9.17, 15) is 19.5 Å². The molecule has 2 aromatic carbocycles. The summed E-state index contributed by atoms with van der Waals surface area (Å²) in [5.74, 6) is -0.435. The first-order valence-corrected chi connectivity index (χ1v) is 16.0. The van der Waals surface area contributed by atoms with Crippen molar-refractivity contribution in [1.29, 1.82) is 0 Å². The number of amides is 2. The Hall–Kier alpha value is -3.59. The smallest absolute Gasteiger partial charge is 0.323 e. The van der Waals surface area contributed by atoms with E-state index >= 15 is 0 Å². The predicted octanol–water partition coefficient (Wildman–Crippen LogP) is 7.24. The van der Waals surface area contributed by atoms with Gasteiger partial charge in [0.25, 0.3) is 0 Å². The zero-order valence-electron chi connectivity index (χ0n) is 27.2. The minimum Gasteiger partial charge on any atom is -0.428 e. The summed E-state index contributed by atoms with van der Waals surface area (Å²) in [6, 6.07) is 13.3. The van der Waals surface area contributed by atoms with Gasteiger partial charge in [-0.1, -0.05) is 58.4 Å². The fraction of sp³-hybridized carbons (Fsp3) is 0.571. The fourth-order valence-corrected chi connectivity index (χ4v) is 5.60. The lowest BCUT2D eigenvalue weighted by atomic mass is 9.88. The Kier molecular flexibility index (Phi) is 13.5. The van der Waals surface area contributed by atoms with E-state index < -0.39 is 12.8 Å². The van der Waals surface area contributed by atoms with E-state index in [0.717, 1.165) is 29.9 Å². The maximum atomic E-state index is 13.1. The Labute approximate surface area is 262 Å². The number of hydrogen-bond acceptors (Lipinski definition) is 7. The Morgan fingerprint density at radius 1 is 0.909 bits per heavy atom. The number of aryl methyl sites for hydroxylation is 1. The molecule has 2 aromatic rings. The van der Waals surface area contributed by atoms with E-state index in [1.165, 1.54) is 0 Å². The lowest BCUT2D eigenvalue weighted by Crippen LogP contribution is -2.32. The molecule has 0 bridgehead atoms. The summed E-state index contributed by atoms with van der Waals surface area (Å²) in [4.78, 5) is 40.5. The summed E-state index contributed by atoms with van der Waals surface area (Å²) < 4.78 is 10.5. The monoisotopic (exact) mass is 609 g/mol. The summed E-state index contributed by atoms with van der Waals surface area (Å²) in [7, 11) is 0. The highest BCUT2D eigenvalue weighted by molar-refractivity contribution is 6.02. The first-order valence-electron chi connectivity index (χ1n) is 16.0. The second-order valence-corrected chi connectivity index (χ2v) is 12.8. The minimum absolute atomic E-state index is 0.111. The molecule has 0 radical (unpaired) electrons. The number of aliphatic hydroxyl groups excluding tert-OH is 1. The largest absolute Gasteiger partial charge is 0.428 e. The molecule has 1 atom stereocenters. The molecule has 1 saturated carbocycles. The van der Waals surface area contributed by atoms with Gasteiger partial charge in [-0.15, -0.1) is 0 Å². The molecule has 0 heterocycles. The van der Waals surface area contributed by atoms with Crippen molar-refractivity contribution in [3.05, 3.63) is 53.6 Å². The SMILES string of the molecule is CCC(CC(=O)OCOC(=O)[C@H]1CC[C@H](O)CC1)c1ccc(N(CC(C)C)CC(C)C)c(NC(=O)Nc2ccc(C)cc2)c1. The van der Waals surface area contributed by atoms with Crippen LogP contribution >= 0.6 is 0 Å². The van der Waals surface area contributed by atoms with E-state index in [1.807, 2.05) is 56.3 Å². The standard InChI is InChI=1S/C35H51N3O6/c1-7-26(19-33(40)43-22-44-34(41)27-10-15-30(39)16-11-27)28-12-17-32(38(20-23(2)3)21-24(4)5)31(18-28)37-35(42)36-29-13-8-25(6)9-14-29/h8-9,12-14,17-18,23-24,26-27,30,39H,7,10-11,15-16,19-22H2,1-6H3,(H2,36,37,42)/t26?,27-,30-. The maximum absolute atomic E-state index is 13.1. The van der Waals surface area contributed by atoms with Crippen LogP contribution in [0.1, 0.15) is 90.2 Å². The van der Waals surface area contributed by atoms with E-state index in [0.29, 0.717) is 55.3 Å². The van der Waals surface area contributed by atoms with Crippen molar-refractivity contribution >= 4 is 35.0 Å². The van der Waals surface area contributed by atoms with Crippen LogP contribution in [0.2, 0.25) is 0 Å². The average molecular weight is 610 g/mol. The molecule has 3 N–H and O–H groups in total. The summed E-state index contributed by atoms with van der Waals surface area (Å²) in [5.41, 5.74) is 4.31. The number of carbonyl (C=O) groups is 3. The van der Waals surface area contributed by atoms with Crippen molar-refractivity contribution < 1.29 is 29.0 Å². The lowest BCUT2D eigenvalue weighted by Gasteiger charge is -2.31. The zero-order chi connectivity index (χ0) is 32.2. The zero-order valence-corrected chi connectivity index (χ0v) is 27.2. The number of hydrogen-bond donors (Lipinski definition) is 3. The number of anilines is 3. The van der Waals surface area contributed by atoms with Gasteiger partial charge >= 0.3 is 18.0 Å². The van der Waals surface area contributed by atoms with Crippen LogP contribution in [0.15, 0.2) is 42.5 Å². The van der Waals surface area contributed by atoms with E-state index in [2.05, 4.69) is 43.2 Å². The van der Waals surface area contributed by atoms with Gasteiger partial charge in [0, 0.05) is 18.8 Å². The lowest BCUT2D eigenvalue weighted by molar-refractivity contribution is -0.171. The molecule has 2 amide bonds. The normalized spacial score (nSPS) is 17.2. The maximum Gasteiger partial charge on any atom is 0.323 e. The first kappa shape index (κ1) is 34.9. The third-order valence-electron chi connectivity index (χ3n) is 7.92. The van der Waals surface area contributed by atoms with Crippen molar-refractivity contribution in [1.82, 2.24) is 0 Å². The van der Waals surface area contributed by atoms with Crippen LogP contribution < -0.4 is 15.5 Å². The van der Waals surface area contributed by atoms with Crippen LogP contribution in [-0.2, 0) is 19.1 Å². The minimum atomic E-state index is -0.458.